The molecule has 172 valence electrons. The smallest absolute Gasteiger partial charge is 0.280 e. The van der Waals surface area contributed by atoms with Crippen molar-refractivity contribution in [1.29, 1.82) is 5.41 Å². The largest absolute Gasteiger partial charge is 0.382 e. The van der Waals surface area contributed by atoms with Crippen molar-refractivity contribution in [3.05, 3.63) is 39.3 Å². The molecule has 2 aliphatic rings. The number of carbonyl (C=O) groups is 1. The van der Waals surface area contributed by atoms with E-state index in [4.69, 9.17) is 27.7 Å². The van der Waals surface area contributed by atoms with Crippen LogP contribution in [0.4, 0.5) is 0 Å². The van der Waals surface area contributed by atoms with E-state index in [1.165, 1.54) is 30.4 Å². The number of amidine groups is 1. The third-order valence-corrected chi connectivity index (χ3v) is 7.42. The molecular formula is C22H25ClN8OS. The first-order valence-corrected chi connectivity index (χ1v) is 12.3. The van der Waals surface area contributed by atoms with Crippen LogP contribution in [0.25, 0.3) is 11.0 Å². The fraction of sp³-hybridized carbons (Fsp3) is 0.455. The number of thiazole rings is 1. The molecule has 4 N–H and O–H groups in total. The number of aromatic nitrogens is 4. The highest BCUT2D eigenvalue weighted by Crippen LogP contribution is 2.37. The maximum Gasteiger partial charge on any atom is 0.280 e. The lowest BCUT2D eigenvalue weighted by atomic mass is 9.90. The van der Waals surface area contributed by atoms with E-state index >= 15 is 0 Å². The Morgan fingerprint density at radius 3 is 2.91 bits per heavy atom. The second-order valence-corrected chi connectivity index (χ2v) is 10.4. The van der Waals surface area contributed by atoms with Crippen LogP contribution in [-0.4, -0.2) is 43.6 Å². The standard InChI is InChI=1S/C22H25ClN8OS/c23-18-10-27-22(33-18)21(32)29-13-2-1-3-14(7-13)31-17-8-15(20(25)28-11-24)26-9-16(17)30-19(31)6-12-4-5-12/h8-14H,1-7H2,(H,29,32)(H3,24,25,28). The number of carbonyl (C=O) groups excluding carboxylic acids is 1. The minimum absolute atomic E-state index is 0.0519. The summed E-state index contributed by atoms with van der Waals surface area (Å²) in [5.74, 6) is 1.79. The number of nitrogens with two attached hydrogens (primary N) is 1. The molecule has 2 unspecified atom stereocenters. The van der Waals surface area contributed by atoms with Gasteiger partial charge < -0.3 is 15.6 Å². The molecule has 0 saturated heterocycles. The van der Waals surface area contributed by atoms with E-state index in [0.29, 0.717) is 21.0 Å². The molecule has 11 heteroatoms. The lowest BCUT2D eigenvalue weighted by Crippen LogP contribution is -2.39. The number of aliphatic imine (C=N–C) groups is 1. The molecule has 3 aromatic rings. The van der Waals surface area contributed by atoms with Gasteiger partial charge in [0.25, 0.3) is 5.91 Å². The zero-order valence-corrected chi connectivity index (χ0v) is 19.6. The number of hydrogen-bond donors (Lipinski definition) is 3. The summed E-state index contributed by atoms with van der Waals surface area (Å²) in [5.41, 5.74) is 8.34. The molecule has 1 amide bonds. The lowest BCUT2D eigenvalue weighted by molar-refractivity contribution is 0.0920. The Balaban J connectivity index is 1.44. The molecule has 2 saturated carbocycles. The average molecular weight is 485 g/mol. The molecule has 2 atom stereocenters. The number of fused-ring (bicyclic) bond motifs is 1. The van der Waals surface area contributed by atoms with Gasteiger partial charge in [-0.25, -0.2) is 15.0 Å². The third-order valence-electron chi connectivity index (χ3n) is 6.30. The van der Waals surface area contributed by atoms with Crippen molar-refractivity contribution in [3.63, 3.8) is 0 Å². The molecule has 2 aliphatic carbocycles. The second kappa shape index (κ2) is 9.18. The van der Waals surface area contributed by atoms with Crippen molar-refractivity contribution in [2.45, 2.75) is 57.0 Å². The highest BCUT2D eigenvalue weighted by molar-refractivity contribution is 7.17. The SMILES string of the molecule is N=CN=C(N)c1cc2c(cn1)nc(CC1CC1)n2C1CCCC(NC(=O)c2ncc(Cl)s2)C1. The van der Waals surface area contributed by atoms with Gasteiger partial charge in [-0.3, -0.25) is 15.2 Å². The van der Waals surface area contributed by atoms with E-state index in [9.17, 15) is 4.79 Å². The van der Waals surface area contributed by atoms with Crippen LogP contribution in [0.15, 0.2) is 23.5 Å². The predicted octanol–water partition coefficient (Wildman–Crippen LogP) is 3.72. The number of imidazole rings is 1. The maximum absolute atomic E-state index is 12.6. The Labute approximate surface area is 200 Å². The summed E-state index contributed by atoms with van der Waals surface area (Å²) in [6.45, 7) is 0. The monoisotopic (exact) mass is 484 g/mol. The number of nitrogens with one attached hydrogen (secondary N) is 2. The number of halogens is 1. The summed E-state index contributed by atoms with van der Waals surface area (Å²) < 4.78 is 2.83. The highest BCUT2D eigenvalue weighted by Gasteiger charge is 2.31. The van der Waals surface area contributed by atoms with Crippen LogP contribution in [0.3, 0.4) is 0 Å². The van der Waals surface area contributed by atoms with E-state index in [0.717, 1.165) is 55.3 Å². The molecule has 5 rings (SSSR count). The Kier molecular flexibility index (Phi) is 6.11. The summed E-state index contributed by atoms with van der Waals surface area (Å²) in [6.07, 6.45) is 11.3. The molecule has 2 fully saturated rings. The van der Waals surface area contributed by atoms with Crippen LogP contribution < -0.4 is 11.1 Å². The highest BCUT2D eigenvalue weighted by atomic mass is 35.5. The minimum Gasteiger partial charge on any atom is -0.382 e. The van der Waals surface area contributed by atoms with E-state index in [1.54, 1.807) is 6.20 Å². The second-order valence-electron chi connectivity index (χ2n) is 8.71. The van der Waals surface area contributed by atoms with Crippen LogP contribution in [0.2, 0.25) is 4.34 Å². The molecule has 0 aliphatic heterocycles. The molecule has 33 heavy (non-hydrogen) atoms. The molecule has 0 aromatic carbocycles. The summed E-state index contributed by atoms with van der Waals surface area (Å²) in [6, 6.07) is 2.18. The Morgan fingerprint density at radius 2 is 2.18 bits per heavy atom. The predicted molar refractivity (Wildman–Crippen MR) is 129 cm³/mol. The maximum atomic E-state index is 12.6. The summed E-state index contributed by atoms with van der Waals surface area (Å²) >= 11 is 7.13. The fourth-order valence-corrected chi connectivity index (χ4v) is 5.41. The van der Waals surface area contributed by atoms with Gasteiger partial charge in [-0.1, -0.05) is 22.9 Å². The van der Waals surface area contributed by atoms with Crippen LogP contribution in [0.5, 0.6) is 0 Å². The third kappa shape index (κ3) is 4.77. The van der Waals surface area contributed by atoms with Gasteiger partial charge in [0.15, 0.2) is 10.8 Å². The Bertz CT molecular complexity index is 1230. The van der Waals surface area contributed by atoms with Crippen molar-refractivity contribution in [1.82, 2.24) is 24.8 Å². The fourth-order valence-electron chi connectivity index (χ4n) is 4.59. The van der Waals surface area contributed by atoms with E-state index in [-0.39, 0.29) is 23.8 Å². The lowest BCUT2D eigenvalue weighted by Gasteiger charge is -2.32. The first-order chi connectivity index (χ1) is 16.0. The molecule has 0 radical (unpaired) electrons. The Morgan fingerprint density at radius 1 is 1.33 bits per heavy atom. The summed E-state index contributed by atoms with van der Waals surface area (Å²) in [7, 11) is 0. The molecular weight excluding hydrogens is 460 g/mol. The van der Waals surface area contributed by atoms with Crippen molar-refractivity contribution in [3.8, 4) is 0 Å². The van der Waals surface area contributed by atoms with Crippen LogP contribution in [0, 0.1) is 11.3 Å². The average Bonchev–Trinajstić information content (AvgIpc) is 3.38. The topological polar surface area (TPSA) is 135 Å². The zero-order chi connectivity index (χ0) is 22.9. The van der Waals surface area contributed by atoms with Gasteiger partial charge in [-0.15, -0.1) is 0 Å². The van der Waals surface area contributed by atoms with Gasteiger partial charge in [0, 0.05) is 18.5 Å². The first-order valence-electron chi connectivity index (χ1n) is 11.1. The van der Waals surface area contributed by atoms with Gasteiger partial charge in [0.05, 0.1) is 17.9 Å². The zero-order valence-electron chi connectivity index (χ0n) is 18.0. The Hall–Kier alpha value is -2.85. The molecule has 3 heterocycles. The number of nitrogens with zero attached hydrogens (tertiary/aromatic N) is 5. The van der Waals surface area contributed by atoms with Crippen LogP contribution in [0.1, 0.15) is 65.9 Å². The van der Waals surface area contributed by atoms with Crippen molar-refractivity contribution in [2.24, 2.45) is 16.6 Å². The van der Waals surface area contributed by atoms with E-state index in [2.05, 4.69) is 24.8 Å². The first kappa shape index (κ1) is 22.0. The number of amides is 1. The van der Waals surface area contributed by atoms with Crippen molar-refractivity contribution in [2.75, 3.05) is 0 Å². The van der Waals surface area contributed by atoms with Crippen molar-refractivity contribution < 1.29 is 4.79 Å². The van der Waals surface area contributed by atoms with Crippen LogP contribution in [-0.2, 0) is 6.42 Å². The molecule has 3 aromatic heterocycles. The summed E-state index contributed by atoms with van der Waals surface area (Å²) in [4.78, 5) is 29.9. The number of rotatable bonds is 7. The molecule has 0 bridgehead atoms. The number of hydrogen-bond acceptors (Lipinski definition) is 6. The van der Waals surface area contributed by atoms with Crippen molar-refractivity contribution >= 4 is 52.1 Å². The molecule has 0 spiro atoms. The van der Waals surface area contributed by atoms with Crippen LogP contribution >= 0.6 is 22.9 Å². The number of pyridine rings is 1. The van der Waals surface area contributed by atoms with E-state index in [1.807, 2.05) is 6.07 Å². The normalized spacial score (nSPS) is 21.3. The van der Waals surface area contributed by atoms with Gasteiger partial charge in [0.2, 0.25) is 0 Å². The van der Waals surface area contributed by atoms with Gasteiger partial charge in [0.1, 0.15) is 27.7 Å². The van der Waals surface area contributed by atoms with Gasteiger partial charge in [-0.2, -0.15) is 0 Å². The summed E-state index contributed by atoms with van der Waals surface area (Å²) in [5, 5.41) is 10.7. The minimum atomic E-state index is -0.173. The van der Waals surface area contributed by atoms with Gasteiger partial charge >= 0.3 is 0 Å². The molecule has 9 nitrogen and oxygen atoms in total. The van der Waals surface area contributed by atoms with E-state index < -0.39 is 0 Å². The van der Waals surface area contributed by atoms with Gasteiger partial charge in [-0.05, 0) is 50.5 Å². The quantitative estimate of drug-likeness (QED) is 0.347.